The molecular weight excluding hydrogens is 238 g/mol. The highest BCUT2D eigenvalue weighted by Gasteiger charge is 2.09. The zero-order valence-corrected chi connectivity index (χ0v) is 11.8. The molecule has 19 heavy (non-hydrogen) atoms. The Hall–Kier alpha value is -1.81. The first kappa shape index (κ1) is 13.6. The normalized spacial score (nSPS) is 10.7. The molecule has 0 fully saturated rings. The van der Waals surface area contributed by atoms with Gasteiger partial charge in [0.2, 0.25) is 0 Å². The van der Waals surface area contributed by atoms with E-state index in [2.05, 4.69) is 23.5 Å². The molecule has 0 aliphatic carbocycles. The summed E-state index contributed by atoms with van der Waals surface area (Å²) in [6, 6.07) is 7.97. The van der Waals surface area contributed by atoms with Crippen LogP contribution in [0.3, 0.4) is 0 Å². The summed E-state index contributed by atoms with van der Waals surface area (Å²) in [5.74, 6) is 0.863. The average Bonchev–Trinajstić information content (AvgIpc) is 2.79. The van der Waals surface area contributed by atoms with Gasteiger partial charge in [-0.3, -0.25) is 0 Å². The van der Waals surface area contributed by atoms with Crippen molar-refractivity contribution >= 4 is 0 Å². The fraction of sp³-hybridized carbons (Fsp3) is 0.400. The van der Waals surface area contributed by atoms with Gasteiger partial charge in [0.25, 0.3) is 0 Å². The van der Waals surface area contributed by atoms with E-state index in [4.69, 9.17) is 4.74 Å². The van der Waals surface area contributed by atoms with Crippen LogP contribution < -0.4 is 10.1 Å². The summed E-state index contributed by atoms with van der Waals surface area (Å²) in [7, 11) is 0. The van der Waals surface area contributed by atoms with E-state index in [0.29, 0.717) is 6.61 Å². The predicted molar refractivity (Wildman–Crippen MR) is 76.9 cm³/mol. The number of nitrogens with zero attached hydrogens (tertiary/aromatic N) is 2. The molecule has 0 radical (unpaired) electrons. The molecule has 1 aromatic carbocycles. The third kappa shape index (κ3) is 3.15. The third-order valence-corrected chi connectivity index (χ3v) is 2.98. The van der Waals surface area contributed by atoms with E-state index in [0.717, 1.165) is 30.2 Å². The van der Waals surface area contributed by atoms with Crippen molar-refractivity contribution in [3.05, 3.63) is 41.7 Å². The lowest BCUT2D eigenvalue weighted by Crippen LogP contribution is -2.11. The maximum atomic E-state index is 5.65. The Morgan fingerprint density at radius 2 is 2.05 bits per heavy atom. The van der Waals surface area contributed by atoms with Crippen LogP contribution in [0.1, 0.15) is 25.1 Å². The molecule has 0 aliphatic heterocycles. The largest absolute Gasteiger partial charge is 0.492 e. The van der Waals surface area contributed by atoms with E-state index in [9.17, 15) is 0 Å². The predicted octanol–water partition coefficient (Wildman–Crippen LogP) is 2.69. The minimum atomic E-state index is 0.654. The number of rotatable bonds is 6. The monoisotopic (exact) mass is 259 g/mol. The number of ether oxygens (including phenoxy) is 1. The zero-order valence-electron chi connectivity index (χ0n) is 11.8. The average molecular weight is 259 g/mol. The first-order valence-electron chi connectivity index (χ1n) is 6.74. The lowest BCUT2D eigenvalue weighted by molar-refractivity contribution is 0.338. The maximum absolute atomic E-state index is 5.65. The standard InChI is InChI=1S/C15H21N3O/c1-4-16-10-13-11-18(17-12(13)3)14-8-6-7-9-15(14)19-5-2/h6-9,11,16H,4-5,10H2,1-3H3. The zero-order chi connectivity index (χ0) is 13.7. The van der Waals surface area contributed by atoms with Gasteiger partial charge in [0.05, 0.1) is 12.3 Å². The van der Waals surface area contributed by atoms with Crippen LogP contribution in [0, 0.1) is 6.92 Å². The summed E-state index contributed by atoms with van der Waals surface area (Å²) in [4.78, 5) is 0. The SMILES string of the molecule is CCNCc1cn(-c2ccccc2OCC)nc1C. The van der Waals surface area contributed by atoms with E-state index in [1.807, 2.05) is 42.8 Å². The molecule has 0 aliphatic rings. The number of para-hydroxylation sites is 2. The molecule has 1 N–H and O–H groups in total. The van der Waals surface area contributed by atoms with Crippen molar-refractivity contribution in [2.45, 2.75) is 27.3 Å². The maximum Gasteiger partial charge on any atom is 0.144 e. The van der Waals surface area contributed by atoms with E-state index in [1.54, 1.807) is 0 Å². The molecule has 1 heterocycles. The molecule has 0 spiro atoms. The van der Waals surface area contributed by atoms with Crippen LogP contribution in [0.25, 0.3) is 5.69 Å². The molecule has 0 unspecified atom stereocenters. The molecule has 0 amide bonds. The van der Waals surface area contributed by atoms with Gasteiger partial charge in [-0.25, -0.2) is 4.68 Å². The molecule has 2 rings (SSSR count). The van der Waals surface area contributed by atoms with Gasteiger partial charge in [-0.2, -0.15) is 5.10 Å². The highest BCUT2D eigenvalue weighted by Crippen LogP contribution is 2.23. The van der Waals surface area contributed by atoms with Crippen LogP contribution in [-0.4, -0.2) is 22.9 Å². The van der Waals surface area contributed by atoms with E-state index in [-0.39, 0.29) is 0 Å². The minimum absolute atomic E-state index is 0.654. The van der Waals surface area contributed by atoms with Crippen molar-refractivity contribution in [3.63, 3.8) is 0 Å². The topological polar surface area (TPSA) is 39.1 Å². The van der Waals surface area contributed by atoms with Gasteiger partial charge in [0.15, 0.2) is 0 Å². The molecule has 0 atom stereocenters. The van der Waals surface area contributed by atoms with Crippen molar-refractivity contribution < 1.29 is 4.74 Å². The number of benzene rings is 1. The Morgan fingerprint density at radius 1 is 1.26 bits per heavy atom. The molecule has 0 bridgehead atoms. The highest BCUT2D eigenvalue weighted by molar-refractivity contribution is 5.46. The number of aromatic nitrogens is 2. The fourth-order valence-corrected chi connectivity index (χ4v) is 1.98. The van der Waals surface area contributed by atoms with Crippen molar-refractivity contribution in [3.8, 4) is 11.4 Å². The summed E-state index contributed by atoms with van der Waals surface area (Å²) >= 11 is 0. The third-order valence-electron chi connectivity index (χ3n) is 2.98. The molecule has 2 aromatic rings. The number of hydrogen-bond donors (Lipinski definition) is 1. The molecule has 1 aromatic heterocycles. The van der Waals surface area contributed by atoms with Gasteiger partial charge in [0, 0.05) is 18.3 Å². The van der Waals surface area contributed by atoms with E-state index < -0.39 is 0 Å². The van der Waals surface area contributed by atoms with Crippen LogP contribution in [-0.2, 0) is 6.54 Å². The number of nitrogens with one attached hydrogen (secondary N) is 1. The summed E-state index contributed by atoms with van der Waals surface area (Å²) in [5.41, 5.74) is 3.25. The molecule has 102 valence electrons. The summed E-state index contributed by atoms with van der Waals surface area (Å²) in [6.07, 6.45) is 2.07. The van der Waals surface area contributed by atoms with Crippen LogP contribution in [0.15, 0.2) is 30.5 Å². The summed E-state index contributed by atoms with van der Waals surface area (Å²) in [6.45, 7) is 8.58. The summed E-state index contributed by atoms with van der Waals surface area (Å²) in [5, 5.41) is 7.90. The van der Waals surface area contributed by atoms with Crippen LogP contribution in [0.4, 0.5) is 0 Å². The summed E-state index contributed by atoms with van der Waals surface area (Å²) < 4.78 is 7.54. The van der Waals surface area contributed by atoms with Crippen molar-refractivity contribution in [2.24, 2.45) is 0 Å². The lowest BCUT2D eigenvalue weighted by Gasteiger charge is -2.09. The van der Waals surface area contributed by atoms with Gasteiger partial charge in [-0.1, -0.05) is 19.1 Å². The van der Waals surface area contributed by atoms with Crippen molar-refractivity contribution in [1.82, 2.24) is 15.1 Å². The second-order valence-electron chi connectivity index (χ2n) is 4.37. The van der Waals surface area contributed by atoms with Crippen LogP contribution in [0.2, 0.25) is 0 Å². The Bertz CT molecular complexity index is 534. The van der Waals surface area contributed by atoms with Gasteiger partial charge >= 0.3 is 0 Å². The van der Waals surface area contributed by atoms with E-state index in [1.165, 1.54) is 5.56 Å². The second-order valence-corrected chi connectivity index (χ2v) is 4.37. The number of hydrogen-bond acceptors (Lipinski definition) is 3. The molecule has 0 saturated heterocycles. The quantitative estimate of drug-likeness (QED) is 0.867. The molecular formula is C15H21N3O. The fourth-order valence-electron chi connectivity index (χ4n) is 1.98. The smallest absolute Gasteiger partial charge is 0.144 e. The first-order chi connectivity index (χ1) is 9.26. The Morgan fingerprint density at radius 3 is 2.79 bits per heavy atom. The molecule has 4 nitrogen and oxygen atoms in total. The first-order valence-corrected chi connectivity index (χ1v) is 6.74. The Kier molecular flexibility index (Phi) is 4.58. The van der Waals surface area contributed by atoms with E-state index >= 15 is 0 Å². The van der Waals surface area contributed by atoms with Crippen LogP contribution in [0.5, 0.6) is 5.75 Å². The van der Waals surface area contributed by atoms with Crippen LogP contribution >= 0.6 is 0 Å². The van der Waals surface area contributed by atoms with Crippen molar-refractivity contribution in [1.29, 1.82) is 0 Å². The van der Waals surface area contributed by atoms with Gasteiger partial charge in [-0.15, -0.1) is 0 Å². The number of aryl methyl sites for hydroxylation is 1. The van der Waals surface area contributed by atoms with Crippen molar-refractivity contribution in [2.75, 3.05) is 13.2 Å². The molecule has 4 heteroatoms. The second kappa shape index (κ2) is 6.38. The Balaban J connectivity index is 2.31. The van der Waals surface area contributed by atoms with Gasteiger partial charge in [-0.05, 0) is 32.5 Å². The van der Waals surface area contributed by atoms with Gasteiger partial charge < -0.3 is 10.1 Å². The van der Waals surface area contributed by atoms with Gasteiger partial charge in [0.1, 0.15) is 11.4 Å². The Labute approximate surface area is 114 Å². The highest BCUT2D eigenvalue weighted by atomic mass is 16.5. The molecule has 0 saturated carbocycles. The lowest BCUT2D eigenvalue weighted by atomic mass is 10.2. The minimum Gasteiger partial charge on any atom is -0.492 e.